The standard InChI is InChI=1S/C20H39N3O3/c1-18(4-6-21-8-12-25-13-9-21)16-23(20(3)24)17-19(2)5-7-22-10-14-26-15-11-22/h18-19H,4-17H2,1-3H3. The summed E-state index contributed by atoms with van der Waals surface area (Å²) < 4.78 is 10.8. The molecule has 2 atom stereocenters. The number of carbonyl (C=O) groups excluding carboxylic acids is 1. The van der Waals surface area contributed by atoms with Crippen molar-refractivity contribution in [1.82, 2.24) is 14.7 Å². The van der Waals surface area contributed by atoms with Crippen LogP contribution >= 0.6 is 0 Å². The third kappa shape index (κ3) is 8.33. The van der Waals surface area contributed by atoms with Crippen molar-refractivity contribution in [2.75, 3.05) is 78.8 Å². The van der Waals surface area contributed by atoms with Crippen molar-refractivity contribution in [2.45, 2.75) is 33.6 Å². The summed E-state index contributed by atoms with van der Waals surface area (Å²) in [5.74, 6) is 1.28. The summed E-state index contributed by atoms with van der Waals surface area (Å²) in [6.07, 6.45) is 2.29. The van der Waals surface area contributed by atoms with Crippen molar-refractivity contribution < 1.29 is 14.3 Å². The molecule has 2 unspecified atom stereocenters. The highest BCUT2D eigenvalue weighted by Gasteiger charge is 2.19. The Morgan fingerprint density at radius 1 is 0.846 bits per heavy atom. The average Bonchev–Trinajstić information content (AvgIpc) is 2.66. The van der Waals surface area contributed by atoms with E-state index in [4.69, 9.17) is 9.47 Å². The van der Waals surface area contributed by atoms with E-state index in [0.717, 1.165) is 91.6 Å². The zero-order valence-electron chi connectivity index (χ0n) is 17.1. The predicted octanol–water partition coefficient (Wildman–Crippen LogP) is 1.55. The molecule has 0 N–H and O–H groups in total. The minimum atomic E-state index is 0.210. The molecule has 0 aromatic heterocycles. The number of morpholine rings is 2. The lowest BCUT2D eigenvalue weighted by Crippen LogP contribution is -2.40. The molecule has 0 bridgehead atoms. The third-order valence-corrected chi connectivity index (χ3v) is 5.59. The first kappa shape index (κ1) is 21.6. The van der Waals surface area contributed by atoms with Crippen LogP contribution in [0, 0.1) is 11.8 Å². The molecular formula is C20H39N3O3. The zero-order valence-corrected chi connectivity index (χ0v) is 17.1. The van der Waals surface area contributed by atoms with Crippen molar-refractivity contribution >= 4 is 5.91 Å². The molecule has 0 aromatic rings. The van der Waals surface area contributed by atoms with E-state index in [1.807, 2.05) is 0 Å². The van der Waals surface area contributed by atoms with Gasteiger partial charge in [-0.25, -0.2) is 0 Å². The second-order valence-corrected chi connectivity index (χ2v) is 8.12. The topological polar surface area (TPSA) is 45.2 Å². The van der Waals surface area contributed by atoms with Crippen LogP contribution in [0.15, 0.2) is 0 Å². The van der Waals surface area contributed by atoms with Crippen molar-refractivity contribution in [1.29, 1.82) is 0 Å². The van der Waals surface area contributed by atoms with Crippen LogP contribution in [0.2, 0.25) is 0 Å². The van der Waals surface area contributed by atoms with Gasteiger partial charge in [-0.1, -0.05) is 13.8 Å². The van der Waals surface area contributed by atoms with Crippen LogP contribution in [0.3, 0.4) is 0 Å². The molecule has 2 aliphatic rings. The predicted molar refractivity (Wildman–Crippen MR) is 104 cm³/mol. The first-order valence-electron chi connectivity index (χ1n) is 10.4. The van der Waals surface area contributed by atoms with E-state index in [0.29, 0.717) is 11.8 Å². The second kappa shape index (κ2) is 11.9. The number of nitrogens with zero attached hydrogens (tertiary/aromatic N) is 3. The molecule has 6 heteroatoms. The Hall–Kier alpha value is -0.690. The molecule has 0 saturated carbocycles. The molecule has 2 fully saturated rings. The van der Waals surface area contributed by atoms with Crippen LogP contribution in [-0.2, 0) is 14.3 Å². The molecule has 0 spiro atoms. The lowest BCUT2D eigenvalue weighted by atomic mass is 10.0. The Kier molecular flexibility index (Phi) is 9.89. The molecule has 1 amide bonds. The van der Waals surface area contributed by atoms with Crippen LogP contribution in [0.4, 0.5) is 0 Å². The maximum Gasteiger partial charge on any atom is 0.219 e. The van der Waals surface area contributed by atoms with Crippen LogP contribution < -0.4 is 0 Å². The molecule has 0 aliphatic carbocycles. The summed E-state index contributed by atoms with van der Waals surface area (Å²) in [6, 6.07) is 0. The largest absolute Gasteiger partial charge is 0.379 e. The van der Waals surface area contributed by atoms with E-state index in [1.54, 1.807) is 6.92 Å². The highest BCUT2D eigenvalue weighted by atomic mass is 16.5. The quantitative estimate of drug-likeness (QED) is 0.585. The highest BCUT2D eigenvalue weighted by Crippen LogP contribution is 2.13. The van der Waals surface area contributed by atoms with Gasteiger partial charge in [-0.3, -0.25) is 14.6 Å². The summed E-state index contributed by atoms with van der Waals surface area (Å²) in [4.78, 5) is 19.1. The minimum Gasteiger partial charge on any atom is -0.379 e. The number of carbonyl (C=O) groups is 1. The molecule has 2 aliphatic heterocycles. The van der Waals surface area contributed by atoms with E-state index in [-0.39, 0.29) is 5.91 Å². The molecule has 26 heavy (non-hydrogen) atoms. The Labute approximate surface area is 159 Å². The Morgan fingerprint density at radius 3 is 1.58 bits per heavy atom. The minimum absolute atomic E-state index is 0.210. The van der Waals surface area contributed by atoms with Crippen molar-refractivity contribution in [3.8, 4) is 0 Å². The van der Waals surface area contributed by atoms with Crippen LogP contribution in [0.1, 0.15) is 33.6 Å². The van der Waals surface area contributed by atoms with Crippen LogP contribution in [0.5, 0.6) is 0 Å². The number of ether oxygens (including phenoxy) is 2. The molecule has 152 valence electrons. The fraction of sp³-hybridized carbons (Fsp3) is 0.950. The summed E-state index contributed by atoms with van der Waals surface area (Å²) in [6.45, 7) is 17.8. The van der Waals surface area contributed by atoms with E-state index in [2.05, 4.69) is 28.5 Å². The monoisotopic (exact) mass is 369 g/mol. The van der Waals surface area contributed by atoms with Gasteiger partial charge in [-0.15, -0.1) is 0 Å². The summed E-state index contributed by atoms with van der Waals surface area (Å²) in [5, 5.41) is 0. The van der Waals surface area contributed by atoms with Gasteiger partial charge in [0.05, 0.1) is 26.4 Å². The lowest BCUT2D eigenvalue weighted by Gasteiger charge is -2.31. The maximum atomic E-state index is 12.1. The normalized spacial score (nSPS) is 22.1. The van der Waals surface area contributed by atoms with Gasteiger partial charge in [0.15, 0.2) is 0 Å². The molecule has 6 nitrogen and oxygen atoms in total. The zero-order chi connectivity index (χ0) is 18.8. The number of hydrogen-bond donors (Lipinski definition) is 0. The lowest BCUT2D eigenvalue weighted by molar-refractivity contribution is -0.130. The van der Waals surface area contributed by atoms with Gasteiger partial charge in [0.2, 0.25) is 5.91 Å². The number of amides is 1. The van der Waals surface area contributed by atoms with Crippen LogP contribution in [-0.4, -0.2) is 99.4 Å². The fourth-order valence-corrected chi connectivity index (χ4v) is 3.72. The number of rotatable bonds is 10. The van der Waals surface area contributed by atoms with Crippen molar-refractivity contribution in [3.63, 3.8) is 0 Å². The van der Waals surface area contributed by atoms with Gasteiger partial charge in [0.1, 0.15) is 0 Å². The van der Waals surface area contributed by atoms with Gasteiger partial charge in [-0.05, 0) is 37.8 Å². The average molecular weight is 370 g/mol. The van der Waals surface area contributed by atoms with Gasteiger partial charge >= 0.3 is 0 Å². The van der Waals surface area contributed by atoms with Crippen molar-refractivity contribution in [3.05, 3.63) is 0 Å². The molecule has 2 heterocycles. The smallest absolute Gasteiger partial charge is 0.219 e. The molecule has 2 rings (SSSR count). The maximum absolute atomic E-state index is 12.1. The molecule has 0 aromatic carbocycles. The van der Waals surface area contributed by atoms with Crippen LogP contribution in [0.25, 0.3) is 0 Å². The third-order valence-electron chi connectivity index (χ3n) is 5.59. The second-order valence-electron chi connectivity index (χ2n) is 8.12. The first-order chi connectivity index (χ1) is 12.5. The van der Waals surface area contributed by atoms with Gasteiger partial charge in [0.25, 0.3) is 0 Å². The number of hydrogen-bond acceptors (Lipinski definition) is 5. The SMILES string of the molecule is CC(=O)N(CC(C)CCN1CCOCC1)CC(C)CCN1CCOCC1. The van der Waals surface area contributed by atoms with E-state index >= 15 is 0 Å². The van der Waals surface area contributed by atoms with E-state index in [1.165, 1.54) is 0 Å². The first-order valence-corrected chi connectivity index (χ1v) is 10.4. The van der Waals surface area contributed by atoms with E-state index < -0.39 is 0 Å². The molecule has 2 saturated heterocycles. The highest BCUT2D eigenvalue weighted by molar-refractivity contribution is 5.73. The van der Waals surface area contributed by atoms with E-state index in [9.17, 15) is 4.79 Å². The summed E-state index contributed by atoms with van der Waals surface area (Å²) in [5.41, 5.74) is 0. The van der Waals surface area contributed by atoms with Gasteiger partial charge < -0.3 is 14.4 Å². The summed E-state index contributed by atoms with van der Waals surface area (Å²) >= 11 is 0. The summed E-state index contributed by atoms with van der Waals surface area (Å²) in [7, 11) is 0. The van der Waals surface area contributed by atoms with Gasteiger partial charge in [-0.2, -0.15) is 0 Å². The molecular weight excluding hydrogens is 330 g/mol. The Morgan fingerprint density at radius 2 is 1.23 bits per heavy atom. The Bertz CT molecular complexity index is 366. The Balaban J connectivity index is 1.66. The molecule has 0 radical (unpaired) electrons. The van der Waals surface area contributed by atoms with Gasteiger partial charge in [0, 0.05) is 46.2 Å². The fourth-order valence-electron chi connectivity index (χ4n) is 3.72. The van der Waals surface area contributed by atoms with Crippen molar-refractivity contribution in [2.24, 2.45) is 11.8 Å².